The molecule has 1 saturated heterocycles. The second-order valence-corrected chi connectivity index (χ2v) is 13.3. The predicted molar refractivity (Wildman–Crippen MR) is 139 cm³/mol. The molecule has 13 heteroatoms. The van der Waals surface area contributed by atoms with Gasteiger partial charge in [-0.1, -0.05) is 23.8 Å². The first kappa shape index (κ1) is 27.3. The van der Waals surface area contributed by atoms with Crippen molar-refractivity contribution < 1.29 is 35.1 Å². The van der Waals surface area contributed by atoms with Gasteiger partial charge in [0.1, 0.15) is 5.82 Å². The number of halogens is 2. The first-order valence-corrected chi connectivity index (χ1v) is 15.1. The quantitative estimate of drug-likeness (QED) is 0.427. The number of hydrogen-bond acceptors (Lipinski definition) is 7. The molecule has 3 heterocycles. The Morgan fingerprint density at radius 1 is 0.923 bits per heavy atom. The Morgan fingerprint density at radius 2 is 1.56 bits per heavy atom. The zero-order valence-electron chi connectivity index (χ0n) is 21.5. The topological polar surface area (TPSA) is 106 Å². The number of sulfonamides is 2. The van der Waals surface area contributed by atoms with E-state index in [0.29, 0.717) is 11.1 Å². The predicted octanol–water partition coefficient (Wildman–Crippen LogP) is 4.38. The molecule has 0 aliphatic carbocycles. The first-order valence-electron chi connectivity index (χ1n) is 12.2. The van der Waals surface area contributed by atoms with Gasteiger partial charge in [-0.05, 0) is 69.0 Å². The Hall–Kier alpha value is -3.29. The van der Waals surface area contributed by atoms with Gasteiger partial charge in [0.15, 0.2) is 11.5 Å². The van der Waals surface area contributed by atoms with Crippen molar-refractivity contribution in [3.05, 3.63) is 71.4 Å². The maximum atomic E-state index is 14.1. The highest BCUT2D eigenvalue weighted by Crippen LogP contribution is 2.42. The summed E-state index contributed by atoms with van der Waals surface area (Å²) in [5, 5.41) is 0. The molecule has 5 rings (SSSR count). The number of nitrogens with zero attached hydrogens (tertiary/aromatic N) is 3. The van der Waals surface area contributed by atoms with Gasteiger partial charge in [-0.3, -0.25) is 0 Å². The van der Waals surface area contributed by atoms with E-state index in [0.717, 1.165) is 17.7 Å². The third-order valence-corrected chi connectivity index (χ3v) is 10.8. The van der Waals surface area contributed by atoms with Gasteiger partial charge in [0.25, 0.3) is 10.0 Å². The third-order valence-electron chi connectivity index (χ3n) is 6.76. The molecule has 9 nitrogen and oxygen atoms in total. The summed E-state index contributed by atoms with van der Waals surface area (Å²) < 4.78 is 93.0. The SMILES string of the molecule is Cc1cc(C)c(S(=O)(=O)N(c2ccccn2)C2CCN(S(=O)(=O)c3ccc4c(c3)OC(F)(F)O4)CC2)c(C)c1. The van der Waals surface area contributed by atoms with Gasteiger partial charge >= 0.3 is 6.29 Å². The number of benzene rings is 2. The van der Waals surface area contributed by atoms with E-state index in [-0.39, 0.29) is 53.0 Å². The summed E-state index contributed by atoms with van der Waals surface area (Å²) >= 11 is 0. The van der Waals surface area contributed by atoms with Crippen LogP contribution in [0.5, 0.6) is 11.5 Å². The van der Waals surface area contributed by atoms with Gasteiger partial charge in [0.2, 0.25) is 10.0 Å². The van der Waals surface area contributed by atoms with Gasteiger partial charge in [0, 0.05) is 31.4 Å². The molecular weight excluding hydrogens is 552 g/mol. The number of pyridine rings is 1. The molecule has 2 aromatic carbocycles. The molecule has 0 spiro atoms. The van der Waals surface area contributed by atoms with Crippen LogP contribution in [-0.4, -0.2) is 51.6 Å². The number of piperidine rings is 1. The fourth-order valence-electron chi connectivity index (χ4n) is 5.22. The van der Waals surface area contributed by atoms with Crippen molar-refractivity contribution in [1.82, 2.24) is 9.29 Å². The molecule has 0 bridgehead atoms. The fourth-order valence-corrected chi connectivity index (χ4v) is 8.79. The lowest BCUT2D eigenvalue weighted by atomic mass is 10.1. The number of aryl methyl sites for hydroxylation is 3. The van der Waals surface area contributed by atoms with Crippen LogP contribution >= 0.6 is 0 Å². The second-order valence-electron chi connectivity index (χ2n) is 9.63. The van der Waals surface area contributed by atoms with Crippen molar-refractivity contribution in [2.75, 3.05) is 17.4 Å². The van der Waals surface area contributed by atoms with Gasteiger partial charge < -0.3 is 9.47 Å². The van der Waals surface area contributed by atoms with Crippen molar-refractivity contribution >= 4 is 25.9 Å². The Bertz CT molecular complexity index is 1600. The van der Waals surface area contributed by atoms with E-state index in [1.54, 1.807) is 32.0 Å². The molecule has 208 valence electrons. The van der Waals surface area contributed by atoms with Crippen molar-refractivity contribution in [2.45, 2.75) is 55.7 Å². The normalized spacial score (nSPS) is 17.8. The minimum atomic E-state index is -4.07. The molecule has 0 N–H and O–H groups in total. The summed E-state index contributed by atoms with van der Waals surface area (Å²) in [5.41, 5.74) is 2.17. The van der Waals surface area contributed by atoms with E-state index in [4.69, 9.17) is 0 Å². The number of ether oxygens (including phenoxy) is 2. The van der Waals surface area contributed by atoms with Crippen LogP contribution < -0.4 is 13.8 Å². The van der Waals surface area contributed by atoms with Crippen molar-refractivity contribution in [2.24, 2.45) is 0 Å². The maximum Gasteiger partial charge on any atom is 0.586 e. The maximum absolute atomic E-state index is 14.1. The third kappa shape index (κ3) is 5.06. The van der Waals surface area contributed by atoms with E-state index in [2.05, 4.69) is 14.5 Å². The van der Waals surface area contributed by atoms with Crippen LogP contribution in [-0.2, 0) is 20.0 Å². The summed E-state index contributed by atoms with van der Waals surface area (Å²) in [6.45, 7) is 5.43. The Labute approximate surface area is 226 Å². The lowest BCUT2D eigenvalue weighted by Gasteiger charge is -2.38. The summed E-state index contributed by atoms with van der Waals surface area (Å²) in [4.78, 5) is 4.29. The van der Waals surface area contributed by atoms with E-state index in [1.807, 2.05) is 19.1 Å². The molecule has 0 unspecified atom stereocenters. The Morgan fingerprint density at radius 3 is 2.18 bits per heavy atom. The molecule has 2 aliphatic heterocycles. The summed E-state index contributed by atoms with van der Waals surface area (Å²) in [6, 6.07) is 11.4. The highest BCUT2D eigenvalue weighted by molar-refractivity contribution is 7.93. The lowest BCUT2D eigenvalue weighted by Crippen LogP contribution is -2.49. The van der Waals surface area contributed by atoms with E-state index in [9.17, 15) is 25.6 Å². The molecule has 2 aliphatic rings. The smallest absolute Gasteiger partial charge is 0.395 e. The summed E-state index contributed by atoms with van der Waals surface area (Å²) in [7, 11) is -8.12. The molecule has 1 aromatic heterocycles. The van der Waals surface area contributed by atoms with Crippen LogP contribution in [0.2, 0.25) is 0 Å². The largest absolute Gasteiger partial charge is 0.586 e. The molecule has 0 saturated carbocycles. The van der Waals surface area contributed by atoms with Crippen LogP contribution in [0, 0.1) is 20.8 Å². The molecule has 0 amide bonds. The van der Waals surface area contributed by atoms with Crippen LogP contribution in [0.4, 0.5) is 14.6 Å². The highest BCUT2D eigenvalue weighted by atomic mass is 32.2. The Balaban J connectivity index is 1.43. The molecule has 0 radical (unpaired) electrons. The zero-order chi connectivity index (χ0) is 28.2. The molecule has 3 aromatic rings. The van der Waals surface area contributed by atoms with E-state index < -0.39 is 32.4 Å². The van der Waals surface area contributed by atoms with Gasteiger partial charge in [0.05, 0.1) is 9.79 Å². The number of fused-ring (bicyclic) bond motifs is 1. The highest BCUT2D eigenvalue weighted by Gasteiger charge is 2.44. The molecule has 1 fully saturated rings. The second kappa shape index (κ2) is 9.72. The molecular formula is C26H27F2N3O6S2. The molecule has 0 atom stereocenters. The summed E-state index contributed by atoms with van der Waals surface area (Å²) in [6.07, 6.45) is -1.96. The lowest BCUT2D eigenvalue weighted by molar-refractivity contribution is -0.286. The van der Waals surface area contributed by atoms with Crippen LogP contribution in [0.25, 0.3) is 0 Å². The van der Waals surface area contributed by atoms with Crippen molar-refractivity contribution in [3.8, 4) is 11.5 Å². The van der Waals surface area contributed by atoms with Crippen molar-refractivity contribution in [1.29, 1.82) is 0 Å². The standard InChI is InChI=1S/C26H27F2N3O6S2/c1-17-14-18(2)25(19(3)15-17)39(34,35)31(24-6-4-5-11-29-24)20-9-12-30(13-10-20)38(32,33)21-7-8-22-23(16-21)37-26(27,28)36-22/h4-8,11,14-16,20H,9-10,12-13H2,1-3H3. The van der Waals surface area contributed by atoms with E-state index in [1.165, 1.54) is 20.9 Å². The average Bonchev–Trinajstić information content (AvgIpc) is 3.17. The van der Waals surface area contributed by atoms with Crippen LogP contribution in [0.15, 0.2) is 64.5 Å². The zero-order valence-corrected chi connectivity index (χ0v) is 23.1. The van der Waals surface area contributed by atoms with Gasteiger partial charge in [-0.25, -0.2) is 26.1 Å². The minimum Gasteiger partial charge on any atom is -0.395 e. The summed E-state index contributed by atoms with van der Waals surface area (Å²) in [5.74, 6) is -0.377. The monoisotopic (exact) mass is 579 g/mol. The van der Waals surface area contributed by atoms with Gasteiger partial charge in [-0.2, -0.15) is 4.31 Å². The van der Waals surface area contributed by atoms with E-state index >= 15 is 0 Å². The number of anilines is 1. The van der Waals surface area contributed by atoms with Crippen molar-refractivity contribution in [3.63, 3.8) is 0 Å². The fraction of sp³-hybridized carbons (Fsp3) is 0.346. The first-order chi connectivity index (χ1) is 18.3. The average molecular weight is 580 g/mol. The number of hydrogen-bond donors (Lipinski definition) is 0. The van der Waals surface area contributed by atoms with Gasteiger partial charge in [-0.15, -0.1) is 8.78 Å². The molecule has 39 heavy (non-hydrogen) atoms. The number of alkyl halides is 2. The number of aromatic nitrogens is 1. The Kier molecular flexibility index (Phi) is 6.80. The van der Waals surface area contributed by atoms with Crippen LogP contribution in [0.1, 0.15) is 29.5 Å². The van der Waals surface area contributed by atoms with Crippen LogP contribution in [0.3, 0.4) is 0 Å². The minimum absolute atomic E-state index is 0.0162. The number of rotatable bonds is 6.